The molecule has 0 aromatic heterocycles. The van der Waals surface area contributed by atoms with Crippen LogP contribution in [0.2, 0.25) is 0 Å². The van der Waals surface area contributed by atoms with Crippen molar-refractivity contribution in [1.29, 1.82) is 0 Å². The van der Waals surface area contributed by atoms with E-state index in [-0.39, 0.29) is 0 Å². The molecular weight excluding hydrogens is 158 g/mol. The Labute approximate surface area is 74.0 Å². The van der Waals surface area contributed by atoms with Crippen molar-refractivity contribution in [2.45, 2.75) is 20.3 Å². The van der Waals surface area contributed by atoms with Gasteiger partial charge in [-0.15, -0.1) is 0 Å². The molecule has 0 saturated carbocycles. The monoisotopic (exact) mass is 177 g/mol. The number of thioether (sulfide) groups is 1. The highest BCUT2D eigenvalue weighted by Gasteiger charge is 1.92. The van der Waals surface area contributed by atoms with Gasteiger partial charge >= 0.3 is 0 Å². The summed E-state index contributed by atoms with van der Waals surface area (Å²) < 4.78 is 0. The highest BCUT2D eigenvalue weighted by molar-refractivity contribution is 7.98. The maximum atomic E-state index is 5.18. The van der Waals surface area contributed by atoms with E-state index in [0.29, 0.717) is 5.92 Å². The summed E-state index contributed by atoms with van der Waals surface area (Å²) in [6.07, 6.45) is 3.30. The van der Waals surface area contributed by atoms with Crippen LogP contribution in [-0.4, -0.2) is 25.2 Å². The van der Waals surface area contributed by atoms with Crippen molar-refractivity contribution in [3.63, 3.8) is 0 Å². The van der Waals surface area contributed by atoms with Crippen LogP contribution in [0.1, 0.15) is 20.3 Å². The normalized spacial score (nSPS) is 10.9. The van der Waals surface area contributed by atoms with E-state index < -0.39 is 0 Å². The molecule has 0 aliphatic carbocycles. The summed E-state index contributed by atoms with van der Waals surface area (Å²) in [5.41, 5.74) is 2.94. The molecule has 0 spiro atoms. The third-order valence-electron chi connectivity index (χ3n) is 1.15. The Morgan fingerprint density at radius 3 is 2.73 bits per heavy atom. The lowest BCUT2D eigenvalue weighted by Crippen LogP contribution is -2.19. The minimum absolute atomic E-state index is 0.614. The van der Waals surface area contributed by atoms with Gasteiger partial charge in [0.05, 0.1) is 6.61 Å². The van der Waals surface area contributed by atoms with Crippen molar-refractivity contribution in [2.24, 2.45) is 5.92 Å². The minimum Gasteiger partial charge on any atom is -0.302 e. The van der Waals surface area contributed by atoms with Crippen molar-refractivity contribution in [1.82, 2.24) is 5.48 Å². The molecule has 0 saturated heterocycles. The van der Waals surface area contributed by atoms with Crippen LogP contribution in [0.5, 0.6) is 0 Å². The molecule has 0 aliphatic rings. The molecule has 0 aliphatic heterocycles. The van der Waals surface area contributed by atoms with Crippen molar-refractivity contribution in [3.05, 3.63) is 0 Å². The fourth-order valence-corrected chi connectivity index (χ4v) is 1.02. The molecule has 0 fully saturated rings. The molecular formula is C8H19NOS. The zero-order valence-corrected chi connectivity index (χ0v) is 8.54. The number of rotatable bonds is 7. The summed E-state index contributed by atoms with van der Waals surface area (Å²) in [5.74, 6) is 1.82. The van der Waals surface area contributed by atoms with E-state index in [9.17, 15) is 0 Å². The van der Waals surface area contributed by atoms with Gasteiger partial charge in [-0.3, -0.25) is 0 Å². The summed E-state index contributed by atoms with van der Waals surface area (Å²) >= 11 is 1.87. The summed E-state index contributed by atoms with van der Waals surface area (Å²) in [7, 11) is 0. The molecule has 0 atom stereocenters. The minimum atomic E-state index is 0.614. The summed E-state index contributed by atoms with van der Waals surface area (Å²) in [6.45, 7) is 6.06. The average molecular weight is 177 g/mol. The first-order valence-electron chi connectivity index (χ1n) is 4.11. The summed E-state index contributed by atoms with van der Waals surface area (Å²) in [5, 5.41) is 0. The van der Waals surface area contributed by atoms with E-state index in [4.69, 9.17) is 4.84 Å². The summed E-state index contributed by atoms with van der Waals surface area (Å²) in [4.78, 5) is 5.18. The van der Waals surface area contributed by atoms with Crippen LogP contribution < -0.4 is 5.48 Å². The van der Waals surface area contributed by atoms with Gasteiger partial charge < -0.3 is 4.84 Å². The third kappa shape index (κ3) is 10.3. The van der Waals surface area contributed by atoms with Gasteiger partial charge in [0.25, 0.3) is 0 Å². The van der Waals surface area contributed by atoms with Crippen LogP contribution in [0, 0.1) is 5.92 Å². The molecule has 0 radical (unpaired) electrons. The molecule has 68 valence electrons. The smallest absolute Gasteiger partial charge is 0.0705 e. The van der Waals surface area contributed by atoms with Crippen LogP contribution in [0.3, 0.4) is 0 Å². The molecule has 11 heavy (non-hydrogen) atoms. The predicted octanol–water partition coefficient (Wildman–Crippen LogP) is 1.92. The van der Waals surface area contributed by atoms with Crippen molar-refractivity contribution < 1.29 is 4.84 Å². The highest BCUT2D eigenvalue weighted by Crippen LogP contribution is 1.94. The Balaban J connectivity index is 2.80. The van der Waals surface area contributed by atoms with Gasteiger partial charge in [0.2, 0.25) is 0 Å². The fraction of sp³-hybridized carbons (Fsp3) is 1.00. The van der Waals surface area contributed by atoms with E-state index >= 15 is 0 Å². The van der Waals surface area contributed by atoms with Gasteiger partial charge in [-0.25, -0.2) is 5.48 Å². The topological polar surface area (TPSA) is 21.3 Å². The van der Waals surface area contributed by atoms with Crippen molar-refractivity contribution >= 4 is 11.8 Å². The second-order valence-electron chi connectivity index (χ2n) is 2.95. The molecule has 3 heteroatoms. The third-order valence-corrected chi connectivity index (χ3v) is 1.84. The van der Waals surface area contributed by atoms with Gasteiger partial charge in [0.15, 0.2) is 0 Å². The van der Waals surface area contributed by atoms with E-state index in [1.807, 2.05) is 11.8 Å². The Morgan fingerprint density at radius 2 is 2.18 bits per heavy atom. The molecule has 0 aromatic rings. The van der Waals surface area contributed by atoms with Crippen LogP contribution >= 0.6 is 11.8 Å². The van der Waals surface area contributed by atoms with Crippen LogP contribution in [0.25, 0.3) is 0 Å². The molecule has 0 heterocycles. The highest BCUT2D eigenvalue weighted by atomic mass is 32.2. The Bertz CT molecular complexity index is 78.5. The number of hydrogen-bond donors (Lipinski definition) is 1. The SMILES string of the molecule is CSCCCNOCC(C)C. The fourth-order valence-electron chi connectivity index (χ4n) is 0.586. The maximum absolute atomic E-state index is 5.18. The largest absolute Gasteiger partial charge is 0.302 e. The second-order valence-corrected chi connectivity index (χ2v) is 3.93. The zero-order chi connectivity index (χ0) is 8.53. The van der Waals surface area contributed by atoms with Gasteiger partial charge in [-0.2, -0.15) is 11.8 Å². The molecule has 0 unspecified atom stereocenters. The lowest BCUT2D eigenvalue weighted by molar-refractivity contribution is 0.0243. The molecule has 0 aromatic carbocycles. The number of hydroxylamine groups is 1. The van der Waals surface area contributed by atoms with Crippen LogP contribution in [0.15, 0.2) is 0 Å². The van der Waals surface area contributed by atoms with Gasteiger partial charge in [-0.05, 0) is 24.3 Å². The van der Waals surface area contributed by atoms with Gasteiger partial charge in [0.1, 0.15) is 0 Å². The van der Waals surface area contributed by atoms with Gasteiger partial charge in [0, 0.05) is 6.54 Å². The molecule has 0 bridgehead atoms. The standard InChI is InChI=1S/C8H19NOS/c1-8(2)7-10-9-5-4-6-11-3/h8-9H,4-7H2,1-3H3. The number of nitrogens with one attached hydrogen (secondary N) is 1. The van der Waals surface area contributed by atoms with Crippen molar-refractivity contribution in [2.75, 3.05) is 25.2 Å². The average Bonchev–Trinajstić information content (AvgIpc) is 1.96. The molecule has 2 nitrogen and oxygen atoms in total. The number of hydrogen-bond acceptors (Lipinski definition) is 3. The lowest BCUT2D eigenvalue weighted by Gasteiger charge is -2.06. The van der Waals surface area contributed by atoms with Gasteiger partial charge in [-0.1, -0.05) is 13.8 Å². The van der Waals surface area contributed by atoms with E-state index in [2.05, 4.69) is 25.6 Å². The first kappa shape index (κ1) is 11.3. The molecule has 0 rings (SSSR count). The second kappa shape index (κ2) is 8.37. The first-order valence-corrected chi connectivity index (χ1v) is 5.50. The lowest BCUT2D eigenvalue weighted by atomic mass is 10.2. The Hall–Kier alpha value is 0.270. The first-order chi connectivity index (χ1) is 5.27. The van der Waals surface area contributed by atoms with E-state index in [1.165, 1.54) is 12.2 Å². The Morgan fingerprint density at radius 1 is 1.45 bits per heavy atom. The van der Waals surface area contributed by atoms with Crippen molar-refractivity contribution in [3.8, 4) is 0 Å². The summed E-state index contributed by atoms with van der Waals surface area (Å²) in [6, 6.07) is 0. The van der Waals surface area contributed by atoms with Crippen LogP contribution in [-0.2, 0) is 4.84 Å². The maximum Gasteiger partial charge on any atom is 0.0705 e. The van der Waals surface area contributed by atoms with E-state index in [1.54, 1.807) is 0 Å². The van der Waals surface area contributed by atoms with Crippen LogP contribution in [0.4, 0.5) is 0 Å². The quantitative estimate of drug-likeness (QED) is 0.474. The zero-order valence-electron chi connectivity index (χ0n) is 7.72. The predicted molar refractivity (Wildman–Crippen MR) is 51.8 cm³/mol. The Kier molecular flexibility index (Phi) is 8.57. The molecule has 0 amide bonds. The van der Waals surface area contributed by atoms with E-state index in [0.717, 1.165) is 13.2 Å². The molecule has 1 N–H and O–H groups in total.